The van der Waals surface area contributed by atoms with Gasteiger partial charge < -0.3 is 4.18 Å². The largest absolute Gasteiger partial charge is 0.378 e. The lowest BCUT2D eigenvalue weighted by Crippen LogP contribution is -2.08. The van der Waals surface area contributed by atoms with Crippen LogP contribution in [0.25, 0.3) is 11.1 Å². The third-order valence-corrected chi connectivity index (χ3v) is 5.82. The van der Waals surface area contributed by atoms with E-state index in [0.717, 1.165) is 16.0 Å². The minimum Gasteiger partial charge on any atom is -0.378 e. The highest BCUT2D eigenvalue weighted by Crippen LogP contribution is 2.32. The first kappa shape index (κ1) is 14.8. The monoisotopic (exact) mass is 330 g/mol. The second-order valence-electron chi connectivity index (χ2n) is 4.76. The summed E-state index contributed by atoms with van der Waals surface area (Å²) in [6.45, 7) is 1.86. The number of thiophene rings is 1. The molecule has 0 spiro atoms. The number of benzene rings is 2. The van der Waals surface area contributed by atoms with Gasteiger partial charge in [0.15, 0.2) is 9.96 Å². The SMILES string of the molecule is Cc1ccc(S(=O)(=O)Oc2ccccc2-c2ccccc2)s1. The van der Waals surface area contributed by atoms with Crippen LogP contribution >= 0.6 is 11.3 Å². The summed E-state index contributed by atoms with van der Waals surface area (Å²) in [4.78, 5) is 0.929. The Morgan fingerprint density at radius 3 is 2.23 bits per heavy atom. The zero-order valence-corrected chi connectivity index (χ0v) is 13.5. The predicted molar refractivity (Wildman–Crippen MR) is 88.7 cm³/mol. The Balaban J connectivity index is 2.00. The van der Waals surface area contributed by atoms with Gasteiger partial charge in [0, 0.05) is 10.4 Å². The molecule has 3 rings (SSSR count). The minimum atomic E-state index is -3.80. The summed E-state index contributed by atoms with van der Waals surface area (Å²) in [5, 5.41) is 0. The van der Waals surface area contributed by atoms with E-state index in [1.807, 2.05) is 49.4 Å². The fraction of sp³-hybridized carbons (Fsp3) is 0.0588. The van der Waals surface area contributed by atoms with Crippen LogP contribution in [0.5, 0.6) is 5.75 Å². The highest BCUT2D eigenvalue weighted by atomic mass is 32.3. The van der Waals surface area contributed by atoms with Gasteiger partial charge in [-0.3, -0.25) is 0 Å². The van der Waals surface area contributed by atoms with Crippen molar-refractivity contribution in [1.29, 1.82) is 0 Å². The van der Waals surface area contributed by atoms with Gasteiger partial charge in [-0.15, -0.1) is 11.3 Å². The zero-order valence-electron chi connectivity index (χ0n) is 11.9. The average molecular weight is 330 g/mol. The van der Waals surface area contributed by atoms with Crippen molar-refractivity contribution in [2.45, 2.75) is 11.1 Å². The van der Waals surface area contributed by atoms with E-state index >= 15 is 0 Å². The molecular formula is C17H14O3S2. The Hall–Kier alpha value is -2.11. The highest BCUT2D eigenvalue weighted by Gasteiger charge is 2.20. The van der Waals surface area contributed by atoms with Crippen molar-refractivity contribution in [2.75, 3.05) is 0 Å². The van der Waals surface area contributed by atoms with Crippen LogP contribution in [0.4, 0.5) is 0 Å². The average Bonchev–Trinajstić information content (AvgIpc) is 2.96. The molecule has 1 heterocycles. The van der Waals surface area contributed by atoms with E-state index in [1.165, 1.54) is 11.3 Å². The second-order valence-corrected chi connectivity index (χ2v) is 7.83. The summed E-state index contributed by atoms with van der Waals surface area (Å²) in [7, 11) is -3.80. The summed E-state index contributed by atoms with van der Waals surface area (Å²) < 4.78 is 30.4. The van der Waals surface area contributed by atoms with Gasteiger partial charge in [0.25, 0.3) is 0 Å². The third kappa shape index (κ3) is 3.05. The van der Waals surface area contributed by atoms with Gasteiger partial charge in [-0.05, 0) is 30.7 Å². The van der Waals surface area contributed by atoms with Gasteiger partial charge >= 0.3 is 10.1 Å². The van der Waals surface area contributed by atoms with E-state index in [-0.39, 0.29) is 4.21 Å². The number of hydrogen-bond acceptors (Lipinski definition) is 4. The maximum atomic E-state index is 12.4. The van der Waals surface area contributed by atoms with Crippen LogP contribution in [0.2, 0.25) is 0 Å². The standard InChI is InChI=1S/C17H14O3S2/c1-13-11-12-17(21-13)22(18,19)20-16-10-6-5-9-15(16)14-7-3-2-4-8-14/h2-12H,1H3. The second kappa shape index (κ2) is 5.94. The predicted octanol–water partition coefficient (Wildman–Crippen LogP) is 4.49. The molecule has 0 fully saturated rings. The molecule has 0 bridgehead atoms. The van der Waals surface area contributed by atoms with Crippen LogP contribution < -0.4 is 4.18 Å². The van der Waals surface area contributed by atoms with Crippen molar-refractivity contribution in [3.63, 3.8) is 0 Å². The van der Waals surface area contributed by atoms with E-state index in [9.17, 15) is 8.42 Å². The van der Waals surface area contributed by atoms with Crippen LogP contribution in [-0.4, -0.2) is 8.42 Å². The molecule has 0 atom stereocenters. The number of para-hydroxylation sites is 1. The molecule has 0 aliphatic carbocycles. The van der Waals surface area contributed by atoms with Gasteiger partial charge in [-0.25, -0.2) is 0 Å². The zero-order chi connectivity index (χ0) is 15.6. The van der Waals surface area contributed by atoms with Crippen molar-refractivity contribution >= 4 is 21.5 Å². The number of rotatable bonds is 4. The molecule has 0 radical (unpaired) electrons. The van der Waals surface area contributed by atoms with Crippen molar-refractivity contribution in [2.24, 2.45) is 0 Å². The van der Waals surface area contributed by atoms with E-state index in [4.69, 9.17) is 4.18 Å². The van der Waals surface area contributed by atoms with Crippen LogP contribution in [-0.2, 0) is 10.1 Å². The van der Waals surface area contributed by atoms with Crippen molar-refractivity contribution in [1.82, 2.24) is 0 Å². The molecule has 0 N–H and O–H groups in total. The molecule has 112 valence electrons. The smallest absolute Gasteiger partial charge is 0.348 e. The topological polar surface area (TPSA) is 43.4 Å². The van der Waals surface area contributed by atoms with Crippen LogP contribution in [0, 0.1) is 6.92 Å². The van der Waals surface area contributed by atoms with Crippen LogP contribution in [0.15, 0.2) is 70.9 Å². The molecule has 0 saturated heterocycles. The summed E-state index contributed by atoms with van der Waals surface area (Å²) in [6, 6.07) is 20.0. The molecule has 5 heteroatoms. The Kier molecular flexibility index (Phi) is 4.00. The summed E-state index contributed by atoms with van der Waals surface area (Å²) in [5.74, 6) is 0.333. The molecule has 22 heavy (non-hydrogen) atoms. The lowest BCUT2D eigenvalue weighted by Gasteiger charge is -2.10. The molecule has 3 nitrogen and oxygen atoms in total. The third-order valence-electron chi connectivity index (χ3n) is 3.13. The molecule has 3 aromatic rings. The molecule has 0 unspecified atom stereocenters. The van der Waals surface area contributed by atoms with Gasteiger partial charge in [0.1, 0.15) is 0 Å². The van der Waals surface area contributed by atoms with Crippen LogP contribution in [0.1, 0.15) is 4.88 Å². The van der Waals surface area contributed by atoms with Gasteiger partial charge in [0.2, 0.25) is 0 Å². The van der Waals surface area contributed by atoms with E-state index in [1.54, 1.807) is 24.3 Å². The molecule has 0 aliphatic heterocycles. The quantitative estimate of drug-likeness (QED) is 0.662. The molecule has 1 aromatic heterocycles. The van der Waals surface area contributed by atoms with Gasteiger partial charge in [0.05, 0.1) is 0 Å². The van der Waals surface area contributed by atoms with Gasteiger partial charge in [-0.2, -0.15) is 8.42 Å². The molecular weight excluding hydrogens is 316 g/mol. The summed E-state index contributed by atoms with van der Waals surface area (Å²) in [6.07, 6.45) is 0. The molecule has 0 aliphatic rings. The number of aryl methyl sites for hydroxylation is 1. The van der Waals surface area contributed by atoms with Crippen molar-refractivity contribution in [3.05, 3.63) is 71.6 Å². The summed E-state index contributed by atoms with van der Waals surface area (Å²) in [5.41, 5.74) is 1.66. The Morgan fingerprint density at radius 1 is 0.864 bits per heavy atom. The van der Waals surface area contributed by atoms with Crippen molar-refractivity contribution in [3.8, 4) is 16.9 Å². The maximum absolute atomic E-state index is 12.4. The molecule has 2 aromatic carbocycles. The highest BCUT2D eigenvalue weighted by molar-refractivity contribution is 7.89. The van der Waals surface area contributed by atoms with Crippen molar-refractivity contribution < 1.29 is 12.6 Å². The summed E-state index contributed by atoms with van der Waals surface area (Å²) >= 11 is 1.20. The molecule has 0 amide bonds. The first-order chi connectivity index (χ1) is 10.6. The lowest BCUT2D eigenvalue weighted by atomic mass is 10.1. The van der Waals surface area contributed by atoms with E-state index in [2.05, 4.69) is 0 Å². The van der Waals surface area contributed by atoms with Crippen LogP contribution in [0.3, 0.4) is 0 Å². The molecule has 0 saturated carbocycles. The Labute approximate surface area is 133 Å². The van der Waals surface area contributed by atoms with Gasteiger partial charge in [-0.1, -0.05) is 48.5 Å². The first-order valence-electron chi connectivity index (χ1n) is 6.72. The fourth-order valence-corrected chi connectivity index (χ4v) is 4.29. The lowest BCUT2D eigenvalue weighted by molar-refractivity contribution is 0.489. The fourth-order valence-electron chi connectivity index (χ4n) is 2.10. The van der Waals surface area contributed by atoms with E-state index < -0.39 is 10.1 Å². The number of hydrogen-bond donors (Lipinski definition) is 0. The maximum Gasteiger partial charge on any atom is 0.348 e. The minimum absolute atomic E-state index is 0.216. The van der Waals surface area contributed by atoms with E-state index in [0.29, 0.717) is 5.75 Å². The normalized spacial score (nSPS) is 11.3. The first-order valence-corrected chi connectivity index (χ1v) is 8.94. The Bertz CT molecular complexity index is 881. The Morgan fingerprint density at radius 2 is 1.55 bits per heavy atom.